The normalized spacial score (nSPS) is 11.9. The van der Waals surface area contributed by atoms with Crippen molar-refractivity contribution in [1.29, 1.82) is 0 Å². The Bertz CT molecular complexity index is 1050. The lowest BCUT2D eigenvalue weighted by molar-refractivity contribution is 0.0910. The Kier molecular flexibility index (Phi) is 4.72. The van der Waals surface area contributed by atoms with E-state index < -0.39 is 11.9 Å². The van der Waals surface area contributed by atoms with Crippen molar-refractivity contribution in [3.05, 3.63) is 95.2 Å². The van der Waals surface area contributed by atoms with E-state index in [9.17, 15) is 4.79 Å². The topological polar surface area (TPSA) is 81.2 Å². The summed E-state index contributed by atoms with van der Waals surface area (Å²) in [5, 5.41) is 11.5. The second kappa shape index (κ2) is 7.47. The Labute approximate surface area is 159 Å². The van der Waals surface area contributed by atoms with Crippen molar-refractivity contribution >= 4 is 17.5 Å². The van der Waals surface area contributed by atoms with E-state index in [-0.39, 0.29) is 11.7 Å². The second-order valence-electron chi connectivity index (χ2n) is 5.72. The molecule has 7 heteroatoms. The van der Waals surface area contributed by atoms with E-state index in [1.54, 1.807) is 30.3 Å². The molecule has 0 aliphatic rings. The van der Waals surface area contributed by atoms with Gasteiger partial charge in [-0.3, -0.25) is 4.79 Å². The van der Waals surface area contributed by atoms with E-state index in [1.807, 2.05) is 36.4 Å². The fourth-order valence-electron chi connectivity index (χ4n) is 2.64. The number of benzene rings is 2. The van der Waals surface area contributed by atoms with Crippen LogP contribution >= 0.6 is 11.6 Å². The third-order valence-electron chi connectivity index (χ3n) is 3.94. The van der Waals surface area contributed by atoms with Crippen molar-refractivity contribution in [2.24, 2.45) is 0 Å². The van der Waals surface area contributed by atoms with E-state index >= 15 is 0 Å². The molecule has 4 rings (SSSR count). The van der Waals surface area contributed by atoms with Crippen LogP contribution in [-0.2, 0) is 0 Å². The van der Waals surface area contributed by atoms with E-state index in [4.69, 9.17) is 20.4 Å². The molecule has 2 aromatic carbocycles. The van der Waals surface area contributed by atoms with Gasteiger partial charge in [-0.25, -0.2) is 0 Å². The Balaban J connectivity index is 1.71. The van der Waals surface area contributed by atoms with Gasteiger partial charge in [-0.15, -0.1) is 10.2 Å². The zero-order valence-corrected chi connectivity index (χ0v) is 14.8. The predicted molar refractivity (Wildman–Crippen MR) is 99.2 cm³/mol. The van der Waals surface area contributed by atoms with Gasteiger partial charge < -0.3 is 14.2 Å². The molecular weight excluding hydrogens is 366 g/mol. The number of carbonyl (C=O) groups excluding carboxylic acids is 1. The van der Waals surface area contributed by atoms with Crippen LogP contribution in [0, 0.1) is 0 Å². The second-order valence-corrected chi connectivity index (χ2v) is 6.12. The van der Waals surface area contributed by atoms with Crippen molar-refractivity contribution in [2.45, 2.75) is 6.04 Å². The lowest BCUT2D eigenvalue weighted by Gasteiger charge is -2.16. The summed E-state index contributed by atoms with van der Waals surface area (Å²) in [5.74, 6) is 0.344. The predicted octanol–water partition coefficient (Wildman–Crippen LogP) is 4.50. The Morgan fingerprint density at radius 3 is 2.48 bits per heavy atom. The number of nitrogens with one attached hydrogen (secondary N) is 1. The summed E-state index contributed by atoms with van der Waals surface area (Å²) < 4.78 is 11.0. The first-order valence-electron chi connectivity index (χ1n) is 8.20. The molecule has 0 saturated carbocycles. The highest BCUT2D eigenvalue weighted by Gasteiger charge is 2.26. The van der Waals surface area contributed by atoms with E-state index in [0.717, 1.165) is 5.56 Å². The smallest absolute Gasteiger partial charge is 0.287 e. The van der Waals surface area contributed by atoms with Crippen molar-refractivity contribution in [2.75, 3.05) is 0 Å². The molecule has 1 amide bonds. The minimum atomic E-state index is -0.721. The van der Waals surface area contributed by atoms with Crippen LogP contribution in [0.2, 0.25) is 5.02 Å². The van der Waals surface area contributed by atoms with Crippen LogP contribution in [-0.4, -0.2) is 16.1 Å². The van der Waals surface area contributed by atoms with Gasteiger partial charge in [-0.05, 0) is 30.3 Å². The summed E-state index contributed by atoms with van der Waals surface area (Å²) in [6.07, 6.45) is 1.43. The van der Waals surface area contributed by atoms with Gasteiger partial charge in [0.25, 0.3) is 5.91 Å². The quantitative estimate of drug-likeness (QED) is 0.552. The standard InChI is InChI=1S/C20H14ClN3O3/c21-15-10-5-4-9-14(15)17(22-18(25)16-11-6-12-26-16)20-24-23-19(27-20)13-7-2-1-3-8-13/h1-12,17H,(H,22,25). The van der Waals surface area contributed by atoms with E-state index in [1.165, 1.54) is 6.26 Å². The molecule has 0 radical (unpaired) electrons. The summed E-state index contributed by atoms with van der Waals surface area (Å²) in [4.78, 5) is 12.5. The number of furan rings is 1. The van der Waals surface area contributed by atoms with Crippen LogP contribution in [0.4, 0.5) is 0 Å². The summed E-state index contributed by atoms with van der Waals surface area (Å²) in [6.45, 7) is 0. The summed E-state index contributed by atoms with van der Waals surface area (Å²) >= 11 is 6.34. The molecule has 6 nitrogen and oxygen atoms in total. The molecule has 0 aliphatic heterocycles. The number of carbonyl (C=O) groups is 1. The molecule has 27 heavy (non-hydrogen) atoms. The monoisotopic (exact) mass is 379 g/mol. The number of nitrogens with zero attached hydrogens (tertiary/aromatic N) is 2. The van der Waals surface area contributed by atoms with Crippen LogP contribution in [0.3, 0.4) is 0 Å². The van der Waals surface area contributed by atoms with Gasteiger partial charge >= 0.3 is 0 Å². The number of amides is 1. The van der Waals surface area contributed by atoms with Crippen molar-refractivity contribution < 1.29 is 13.6 Å². The zero-order chi connectivity index (χ0) is 18.6. The van der Waals surface area contributed by atoms with Gasteiger partial charge in [-0.1, -0.05) is 48.0 Å². The molecule has 2 heterocycles. The number of hydrogen-bond donors (Lipinski definition) is 1. The fourth-order valence-corrected chi connectivity index (χ4v) is 2.89. The number of hydrogen-bond acceptors (Lipinski definition) is 5. The highest BCUT2D eigenvalue weighted by molar-refractivity contribution is 6.31. The first-order chi connectivity index (χ1) is 13.2. The lowest BCUT2D eigenvalue weighted by atomic mass is 10.1. The third-order valence-corrected chi connectivity index (χ3v) is 4.29. The zero-order valence-electron chi connectivity index (χ0n) is 14.0. The molecule has 0 fully saturated rings. The average molecular weight is 380 g/mol. The van der Waals surface area contributed by atoms with Gasteiger partial charge in [0.2, 0.25) is 11.8 Å². The first-order valence-corrected chi connectivity index (χ1v) is 8.58. The van der Waals surface area contributed by atoms with E-state index in [0.29, 0.717) is 16.5 Å². The molecule has 4 aromatic rings. The fraction of sp³-hybridized carbons (Fsp3) is 0.0500. The summed E-state index contributed by atoms with van der Waals surface area (Å²) in [7, 11) is 0. The van der Waals surface area contributed by atoms with Crippen LogP contribution in [0.5, 0.6) is 0 Å². The Morgan fingerprint density at radius 1 is 0.963 bits per heavy atom. The molecule has 0 aliphatic carbocycles. The molecule has 1 atom stereocenters. The van der Waals surface area contributed by atoms with Crippen molar-refractivity contribution in [3.63, 3.8) is 0 Å². The summed E-state index contributed by atoms with van der Waals surface area (Å²) in [5.41, 5.74) is 1.42. The van der Waals surface area contributed by atoms with Gasteiger partial charge in [0.1, 0.15) is 6.04 Å². The van der Waals surface area contributed by atoms with Crippen LogP contribution in [0.15, 0.2) is 81.8 Å². The largest absolute Gasteiger partial charge is 0.459 e. The molecule has 2 aromatic heterocycles. The van der Waals surface area contributed by atoms with Crippen molar-refractivity contribution in [3.8, 4) is 11.5 Å². The van der Waals surface area contributed by atoms with Crippen molar-refractivity contribution in [1.82, 2.24) is 15.5 Å². The Morgan fingerprint density at radius 2 is 1.74 bits per heavy atom. The van der Waals surface area contributed by atoms with Crippen LogP contribution in [0.1, 0.15) is 28.1 Å². The maximum atomic E-state index is 12.5. The van der Waals surface area contributed by atoms with Crippen LogP contribution < -0.4 is 5.32 Å². The highest BCUT2D eigenvalue weighted by Crippen LogP contribution is 2.29. The number of rotatable bonds is 5. The third kappa shape index (κ3) is 3.61. The Hall–Kier alpha value is -3.38. The highest BCUT2D eigenvalue weighted by atomic mass is 35.5. The average Bonchev–Trinajstić information content (AvgIpc) is 3.40. The number of aromatic nitrogens is 2. The molecular formula is C20H14ClN3O3. The molecule has 0 saturated heterocycles. The maximum absolute atomic E-state index is 12.5. The maximum Gasteiger partial charge on any atom is 0.287 e. The number of halogens is 1. The molecule has 0 spiro atoms. The minimum Gasteiger partial charge on any atom is -0.459 e. The first kappa shape index (κ1) is 17.1. The molecule has 1 unspecified atom stereocenters. The van der Waals surface area contributed by atoms with Gasteiger partial charge in [0.15, 0.2) is 5.76 Å². The van der Waals surface area contributed by atoms with Gasteiger partial charge in [0, 0.05) is 16.1 Å². The minimum absolute atomic E-state index is 0.176. The van der Waals surface area contributed by atoms with Crippen LogP contribution in [0.25, 0.3) is 11.5 Å². The summed E-state index contributed by atoms with van der Waals surface area (Å²) in [6, 6.07) is 19.0. The van der Waals surface area contributed by atoms with Gasteiger partial charge in [0.05, 0.1) is 6.26 Å². The molecule has 0 bridgehead atoms. The van der Waals surface area contributed by atoms with Gasteiger partial charge in [-0.2, -0.15) is 0 Å². The SMILES string of the molecule is O=C(NC(c1nnc(-c2ccccc2)o1)c1ccccc1Cl)c1ccco1. The molecule has 134 valence electrons. The van der Waals surface area contributed by atoms with E-state index in [2.05, 4.69) is 15.5 Å². The lowest BCUT2D eigenvalue weighted by Crippen LogP contribution is -2.29. The molecule has 1 N–H and O–H groups in total.